The third kappa shape index (κ3) is 3.36. The lowest BCUT2D eigenvalue weighted by molar-refractivity contribution is 0.266. The number of nitrogens with zero attached hydrogens (tertiary/aromatic N) is 2. The lowest BCUT2D eigenvalue weighted by Gasteiger charge is -2.22. The van der Waals surface area contributed by atoms with Gasteiger partial charge in [-0.3, -0.25) is 4.79 Å². The zero-order chi connectivity index (χ0) is 13.8. The van der Waals surface area contributed by atoms with Crippen molar-refractivity contribution < 1.29 is 5.11 Å². The largest absolute Gasteiger partial charge is 0.394 e. The molecule has 5 nitrogen and oxygen atoms in total. The van der Waals surface area contributed by atoms with Crippen molar-refractivity contribution in [3.63, 3.8) is 0 Å². The minimum absolute atomic E-state index is 0.0927. The molecular weight excluding hydrogens is 310 g/mol. The fourth-order valence-electron chi connectivity index (χ4n) is 2.64. The standard InChI is InChI=1S/C13H20BrN3O2/c1-9(10-4-2-3-5-10)16-11-8-15-17(6-7-18)13(19)12(11)14/h8-10,16,18H,2-7H2,1H3. The fourth-order valence-corrected chi connectivity index (χ4v) is 3.06. The Hall–Kier alpha value is -0.880. The number of hydrogen-bond acceptors (Lipinski definition) is 4. The van der Waals surface area contributed by atoms with Gasteiger partial charge in [0.1, 0.15) is 4.47 Å². The van der Waals surface area contributed by atoms with E-state index in [-0.39, 0.29) is 18.7 Å². The summed E-state index contributed by atoms with van der Waals surface area (Å²) in [5.41, 5.74) is 0.524. The Kier molecular flexibility index (Phi) is 4.99. The summed E-state index contributed by atoms with van der Waals surface area (Å²) < 4.78 is 1.75. The van der Waals surface area contributed by atoms with Crippen LogP contribution in [0.25, 0.3) is 0 Å². The average Bonchev–Trinajstić information content (AvgIpc) is 2.92. The van der Waals surface area contributed by atoms with Gasteiger partial charge >= 0.3 is 0 Å². The van der Waals surface area contributed by atoms with Crippen LogP contribution in [0.2, 0.25) is 0 Å². The molecule has 106 valence electrons. The minimum Gasteiger partial charge on any atom is -0.394 e. The fraction of sp³-hybridized carbons (Fsp3) is 0.692. The van der Waals surface area contributed by atoms with Crippen molar-refractivity contribution >= 4 is 21.6 Å². The summed E-state index contributed by atoms with van der Waals surface area (Å²) in [6, 6.07) is 0.341. The van der Waals surface area contributed by atoms with E-state index in [0.29, 0.717) is 16.4 Å². The maximum Gasteiger partial charge on any atom is 0.283 e. The van der Waals surface area contributed by atoms with E-state index in [1.165, 1.54) is 30.4 Å². The Morgan fingerprint density at radius 2 is 2.26 bits per heavy atom. The maximum atomic E-state index is 12.0. The van der Waals surface area contributed by atoms with Crippen LogP contribution in [0.3, 0.4) is 0 Å². The van der Waals surface area contributed by atoms with Crippen molar-refractivity contribution in [3.05, 3.63) is 21.0 Å². The Labute approximate surface area is 121 Å². The maximum absolute atomic E-state index is 12.0. The van der Waals surface area contributed by atoms with Gasteiger partial charge in [-0.05, 0) is 41.6 Å². The third-order valence-corrected chi connectivity index (χ3v) is 4.55. The van der Waals surface area contributed by atoms with Gasteiger partial charge < -0.3 is 10.4 Å². The van der Waals surface area contributed by atoms with Gasteiger partial charge in [0, 0.05) is 6.04 Å². The summed E-state index contributed by atoms with van der Waals surface area (Å²) >= 11 is 3.32. The van der Waals surface area contributed by atoms with E-state index in [0.717, 1.165) is 5.69 Å². The molecule has 0 aromatic carbocycles. The van der Waals surface area contributed by atoms with Crippen LogP contribution in [-0.2, 0) is 6.54 Å². The smallest absolute Gasteiger partial charge is 0.283 e. The van der Waals surface area contributed by atoms with E-state index >= 15 is 0 Å². The van der Waals surface area contributed by atoms with Crippen LogP contribution in [0.4, 0.5) is 5.69 Å². The molecular formula is C13H20BrN3O2. The molecule has 0 spiro atoms. The first-order valence-electron chi connectivity index (χ1n) is 6.76. The first kappa shape index (κ1) is 14.5. The molecule has 0 aliphatic heterocycles. The van der Waals surface area contributed by atoms with E-state index in [9.17, 15) is 4.79 Å². The Morgan fingerprint density at radius 3 is 2.89 bits per heavy atom. The molecule has 1 unspecified atom stereocenters. The molecule has 0 saturated heterocycles. The molecule has 0 bridgehead atoms. The molecule has 19 heavy (non-hydrogen) atoms. The predicted molar refractivity (Wildman–Crippen MR) is 78.3 cm³/mol. The second kappa shape index (κ2) is 6.52. The number of anilines is 1. The van der Waals surface area contributed by atoms with E-state index in [4.69, 9.17) is 5.11 Å². The average molecular weight is 330 g/mol. The van der Waals surface area contributed by atoms with Crippen LogP contribution < -0.4 is 10.9 Å². The molecule has 1 aliphatic carbocycles. The van der Waals surface area contributed by atoms with Gasteiger partial charge in [0.15, 0.2) is 0 Å². The van der Waals surface area contributed by atoms with E-state index in [2.05, 4.69) is 33.3 Å². The van der Waals surface area contributed by atoms with Gasteiger partial charge in [0.2, 0.25) is 0 Å². The number of aliphatic hydroxyl groups is 1. The predicted octanol–water partition coefficient (Wildman–Crippen LogP) is 1.99. The Morgan fingerprint density at radius 1 is 1.58 bits per heavy atom. The van der Waals surface area contributed by atoms with Crippen LogP contribution in [0.1, 0.15) is 32.6 Å². The van der Waals surface area contributed by atoms with Crippen LogP contribution >= 0.6 is 15.9 Å². The molecule has 0 amide bonds. The van der Waals surface area contributed by atoms with Gasteiger partial charge in [-0.25, -0.2) is 4.68 Å². The van der Waals surface area contributed by atoms with Gasteiger partial charge in [0.05, 0.1) is 25.0 Å². The number of halogens is 1. The SMILES string of the molecule is CC(Nc1cnn(CCO)c(=O)c1Br)C1CCCC1. The highest BCUT2D eigenvalue weighted by atomic mass is 79.9. The lowest BCUT2D eigenvalue weighted by Crippen LogP contribution is -2.29. The quantitative estimate of drug-likeness (QED) is 0.866. The molecule has 2 rings (SSSR count). The second-order valence-corrected chi connectivity index (χ2v) is 5.89. The van der Waals surface area contributed by atoms with Gasteiger partial charge in [-0.1, -0.05) is 12.8 Å². The summed E-state index contributed by atoms with van der Waals surface area (Å²) in [4.78, 5) is 12.0. The van der Waals surface area contributed by atoms with Crippen LogP contribution in [0.5, 0.6) is 0 Å². The monoisotopic (exact) mass is 329 g/mol. The number of rotatable bonds is 5. The van der Waals surface area contributed by atoms with Crippen molar-refractivity contribution in [3.8, 4) is 0 Å². The van der Waals surface area contributed by atoms with Crippen LogP contribution in [-0.4, -0.2) is 27.5 Å². The molecule has 1 saturated carbocycles. The van der Waals surface area contributed by atoms with E-state index in [1.807, 2.05) is 0 Å². The molecule has 2 N–H and O–H groups in total. The normalized spacial score (nSPS) is 17.6. The molecule has 1 atom stereocenters. The van der Waals surface area contributed by atoms with E-state index < -0.39 is 0 Å². The molecule has 1 aliphatic rings. The second-order valence-electron chi connectivity index (χ2n) is 5.10. The highest BCUT2D eigenvalue weighted by Gasteiger charge is 2.22. The first-order chi connectivity index (χ1) is 9.13. The zero-order valence-corrected chi connectivity index (χ0v) is 12.7. The zero-order valence-electron chi connectivity index (χ0n) is 11.1. The summed E-state index contributed by atoms with van der Waals surface area (Å²) in [5, 5.41) is 16.3. The summed E-state index contributed by atoms with van der Waals surface area (Å²) in [7, 11) is 0. The number of nitrogens with one attached hydrogen (secondary N) is 1. The van der Waals surface area contributed by atoms with Crippen LogP contribution in [0.15, 0.2) is 15.5 Å². The van der Waals surface area contributed by atoms with Crippen molar-refractivity contribution in [2.75, 3.05) is 11.9 Å². The molecule has 1 fully saturated rings. The Balaban J connectivity index is 2.12. The van der Waals surface area contributed by atoms with Gasteiger partial charge in [-0.15, -0.1) is 0 Å². The molecule has 1 heterocycles. The highest BCUT2D eigenvalue weighted by Crippen LogP contribution is 2.30. The number of aliphatic hydroxyl groups excluding tert-OH is 1. The van der Waals surface area contributed by atoms with Crippen molar-refractivity contribution in [1.82, 2.24) is 9.78 Å². The van der Waals surface area contributed by atoms with Crippen molar-refractivity contribution in [2.24, 2.45) is 5.92 Å². The summed E-state index contributed by atoms with van der Waals surface area (Å²) in [6.07, 6.45) is 6.75. The van der Waals surface area contributed by atoms with Crippen molar-refractivity contribution in [1.29, 1.82) is 0 Å². The molecule has 0 radical (unpaired) electrons. The van der Waals surface area contributed by atoms with Crippen LogP contribution in [0, 0.1) is 5.92 Å². The molecule has 1 aromatic rings. The van der Waals surface area contributed by atoms with E-state index in [1.54, 1.807) is 6.20 Å². The van der Waals surface area contributed by atoms with Crippen molar-refractivity contribution in [2.45, 2.75) is 45.2 Å². The number of hydrogen-bond donors (Lipinski definition) is 2. The Bertz CT molecular complexity index is 483. The van der Waals surface area contributed by atoms with Gasteiger partial charge in [0.25, 0.3) is 5.56 Å². The third-order valence-electron chi connectivity index (χ3n) is 3.79. The molecule has 6 heteroatoms. The molecule has 1 aromatic heterocycles. The summed E-state index contributed by atoms with van der Waals surface area (Å²) in [6.45, 7) is 2.28. The summed E-state index contributed by atoms with van der Waals surface area (Å²) in [5.74, 6) is 0.673. The lowest BCUT2D eigenvalue weighted by atomic mass is 10.00. The first-order valence-corrected chi connectivity index (χ1v) is 7.55. The number of aromatic nitrogens is 2. The minimum atomic E-state index is -0.210. The van der Waals surface area contributed by atoms with Gasteiger partial charge in [-0.2, -0.15) is 5.10 Å². The highest BCUT2D eigenvalue weighted by molar-refractivity contribution is 9.10. The topological polar surface area (TPSA) is 67.2 Å².